The van der Waals surface area contributed by atoms with Gasteiger partial charge in [-0.2, -0.15) is 0 Å². The van der Waals surface area contributed by atoms with Gasteiger partial charge in [-0.1, -0.05) is 32.6 Å². The van der Waals surface area contributed by atoms with Crippen molar-refractivity contribution in [1.82, 2.24) is 0 Å². The number of carbonyl (C=O) groups is 1. The maximum absolute atomic E-state index is 11.6. The molecule has 5 nitrogen and oxygen atoms in total. The van der Waals surface area contributed by atoms with E-state index in [1.807, 2.05) is 0 Å². The normalized spacial score (nSPS) is 17.5. The van der Waals surface area contributed by atoms with E-state index in [-0.39, 0.29) is 5.97 Å². The first kappa shape index (κ1) is 19.6. The first-order chi connectivity index (χ1) is 11.2. The molecule has 7 heteroatoms. The summed E-state index contributed by atoms with van der Waals surface area (Å²) in [5.41, 5.74) is 0. The molecular formula is C16H31BBiO5. The van der Waals surface area contributed by atoms with E-state index in [0.29, 0.717) is 6.42 Å². The summed E-state index contributed by atoms with van der Waals surface area (Å²) in [6.07, 6.45) is 17.4. The van der Waals surface area contributed by atoms with Gasteiger partial charge in [0.05, 0.1) is 0 Å². The van der Waals surface area contributed by atoms with Gasteiger partial charge in [-0.15, -0.1) is 0 Å². The fraction of sp³-hybridized carbons (Fsp3) is 0.938. The van der Waals surface area contributed by atoms with E-state index in [1.54, 1.807) is 0 Å². The van der Waals surface area contributed by atoms with E-state index in [9.17, 15) is 4.79 Å². The molecule has 0 aromatic heterocycles. The predicted molar refractivity (Wildman–Crippen MR) is 91.2 cm³/mol. The Balaban J connectivity index is 1.26. The molecule has 3 aliphatic rings. The van der Waals surface area contributed by atoms with Crippen LogP contribution in [-0.2, 0) is 15.8 Å². The first-order valence-corrected chi connectivity index (χ1v) is 15.1. The Bertz CT molecular complexity index is 338. The van der Waals surface area contributed by atoms with Crippen LogP contribution in [0.5, 0.6) is 0 Å². The van der Waals surface area contributed by atoms with Crippen LogP contribution in [0.25, 0.3) is 0 Å². The summed E-state index contributed by atoms with van der Waals surface area (Å²) in [4.78, 5) is 11.6. The summed E-state index contributed by atoms with van der Waals surface area (Å²) in [5.74, 6) is -0.218. The molecule has 3 rings (SSSR count). The molecule has 0 N–H and O–H groups in total. The van der Waals surface area contributed by atoms with Crippen LogP contribution in [0.15, 0.2) is 0 Å². The quantitative estimate of drug-likeness (QED) is 0.234. The minimum absolute atomic E-state index is 0.218. The monoisotopic (exact) mass is 523 g/mol. The van der Waals surface area contributed by atoms with Crippen LogP contribution in [0, 0.1) is 0 Å². The van der Waals surface area contributed by atoms with Crippen LogP contribution < -0.4 is 0 Å². The van der Waals surface area contributed by atoms with Gasteiger partial charge in [0.25, 0.3) is 0 Å². The molecule has 0 aromatic rings. The molecule has 0 amide bonds. The molecule has 23 heavy (non-hydrogen) atoms. The summed E-state index contributed by atoms with van der Waals surface area (Å²) in [6.45, 7) is 2.26. The SMILES string of the molecule is CCCCCCCCCCCCCCCC(=O)[O][Bi]12[O]B([O]1)[O]2. The van der Waals surface area contributed by atoms with Crippen molar-refractivity contribution in [3.8, 4) is 0 Å². The van der Waals surface area contributed by atoms with Gasteiger partial charge in [-0.3, -0.25) is 0 Å². The van der Waals surface area contributed by atoms with E-state index in [1.165, 1.54) is 70.6 Å². The molecule has 133 valence electrons. The van der Waals surface area contributed by atoms with E-state index in [4.69, 9.17) is 11.0 Å². The Morgan fingerprint density at radius 1 is 0.783 bits per heavy atom. The van der Waals surface area contributed by atoms with Crippen molar-refractivity contribution in [3.05, 3.63) is 0 Å². The van der Waals surface area contributed by atoms with Crippen molar-refractivity contribution >= 4 is 35.3 Å². The van der Waals surface area contributed by atoms with Gasteiger partial charge in [0.15, 0.2) is 0 Å². The fourth-order valence-corrected chi connectivity index (χ4v) is 7.33. The van der Waals surface area contributed by atoms with Crippen LogP contribution in [0.3, 0.4) is 0 Å². The van der Waals surface area contributed by atoms with Gasteiger partial charge in [0.1, 0.15) is 0 Å². The maximum atomic E-state index is 11.6. The Morgan fingerprint density at radius 2 is 1.22 bits per heavy atom. The van der Waals surface area contributed by atoms with Gasteiger partial charge < -0.3 is 0 Å². The number of rotatable bonds is 15. The molecule has 0 aliphatic carbocycles. The van der Waals surface area contributed by atoms with E-state index < -0.39 is 29.3 Å². The molecule has 0 spiro atoms. The molecular weight excluding hydrogens is 492 g/mol. The zero-order valence-electron chi connectivity index (χ0n) is 14.5. The molecule has 0 saturated carbocycles. The predicted octanol–water partition coefficient (Wildman–Crippen LogP) is 4.51. The molecule has 1 radical (unpaired) electrons. The third-order valence-electron chi connectivity index (χ3n) is 4.34. The average Bonchev–Trinajstić information content (AvgIpc) is 2.46. The van der Waals surface area contributed by atoms with E-state index in [0.717, 1.165) is 12.8 Å². The standard InChI is InChI=1S/C16H32O2.BO3.Bi/c1-2-3-4-5-6-7-8-9-10-11-12-13-14-15-16(17)18;2-1(3)4;/h2-15H2,1H3,(H,17,18);;/q;-3;+4/p-1. The Labute approximate surface area is 147 Å². The zero-order chi connectivity index (χ0) is 16.4. The summed E-state index contributed by atoms with van der Waals surface area (Å²) in [7, 11) is -0.516. The van der Waals surface area contributed by atoms with Crippen LogP contribution in [0.2, 0.25) is 0 Å². The van der Waals surface area contributed by atoms with Crippen molar-refractivity contribution in [2.24, 2.45) is 0 Å². The second-order valence-electron chi connectivity index (χ2n) is 6.51. The van der Waals surface area contributed by atoms with Gasteiger partial charge in [0, 0.05) is 0 Å². The van der Waals surface area contributed by atoms with Crippen LogP contribution >= 0.6 is 0 Å². The Hall–Kier alpha value is 0.298. The topological polar surface area (TPSA) is 54.0 Å². The molecule has 0 aromatic carbocycles. The second-order valence-corrected chi connectivity index (χ2v) is 13.2. The van der Waals surface area contributed by atoms with Gasteiger partial charge in [-0.25, -0.2) is 0 Å². The molecule has 0 atom stereocenters. The van der Waals surface area contributed by atoms with Gasteiger partial charge in [-0.05, 0) is 0 Å². The number of unbranched alkanes of at least 4 members (excludes halogenated alkanes) is 12. The van der Waals surface area contributed by atoms with Crippen molar-refractivity contribution in [2.45, 2.75) is 96.8 Å². The van der Waals surface area contributed by atoms with Crippen molar-refractivity contribution in [3.63, 3.8) is 0 Å². The van der Waals surface area contributed by atoms with Crippen molar-refractivity contribution in [2.75, 3.05) is 0 Å². The van der Waals surface area contributed by atoms with Crippen LogP contribution in [0.1, 0.15) is 96.8 Å². The molecule has 3 fully saturated rings. The molecule has 2 bridgehead atoms. The Morgan fingerprint density at radius 3 is 1.61 bits per heavy atom. The summed E-state index contributed by atoms with van der Waals surface area (Å²) in [5, 5.41) is 0. The first-order valence-electron chi connectivity index (χ1n) is 9.41. The molecule has 3 heterocycles. The fourth-order valence-electron chi connectivity index (χ4n) is 2.86. The minimum atomic E-state index is -3.64. The molecule has 0 unspecified atom stereocenters. The van der Waals surface area contributed by atoms with Crippen LogP contribution in [0.4, 0.5) is 0 Å². The third kappa shape index (κ3) is 7.37. The zero-order valence-corrected chi connectivity index (χ0v) is 17.9. The van der Waals surface area contributed by atoms with Gasteiger partial charge in [0.2, 0.25) is 0 Å². The molecule has 3 aliphatic heterocycles. The summed E-state index contributed by atoms with van der Waals surface area (Å²) in [6, 6.07) is 0. The Kier molecular flexibility index (Phi) is 9.40. The summed E-state index contributed by atoms with van der Waals surface area (Å²) < 4.78 is 20.6. The number of hydrogen-bond donors (Lipinski definition) is 0. The number of carbonyl (C=O) groups excluding carboxylic acids is 1. The second kappa shape index (κ2) is 11.0. The summed E-state index contributed by atoms with van der Waals surface area (Å²) >= 11 is -3.64. The third-order valence-corrected chi connectivity index (χ3v) is 11.0. The number of hydrogen-bond acceptors (Lipinski definition) is 5. The van der Waals surface area contributed by atoms with Crippen LogP contribution in [-0.4, -0.2) is 35.3 Å². The van der Waals surface area contributed by atoms with Crippen molar-refractivity contribution in [1.29, 1.82) is 0 Å². The van der Waals surface area contributed by atoms with Crippen molar-refractivity contribution < 1.29 is 15.8 Å². The molecule has 3 saturated heterocycles. The average molecular weight is 523 g/mol. The van der Waals surface area contributed by atoms with E-state index >= 15 is 0 Å². The van der Waals surface area contributed by atoms with E-state index in [2.05, 4.69) is 6.92 Å². The van der Waals surface area contributed by atoms with Gasteiger partial charge >= 0.3 is 115 Å².